The number of hydrogen-bond acceptors (Lipinski definition) is 3. The zero-order chi connectivity index (χ0) is 15.7. The molecule has 0 saturated carbocycles. The number of hydrogen-bond donors (Lipinski definition) is 1. The molecule has 1 heterocycles. The van der Waals surface area contributed by atoms with Crippen molar-refractivity contribution in [3.05, 3.63) is 64.7 Å². The molecule has 0 fully saturated rings. The number of nitrogens with zero attached hydrogens (tertiary/aromatic N) is 2. The first-order valence-corrected chi connectivity index (χ1v) is 7.35. The van der Waals surface area contributed by atoms with E-state index in [2.05, 4.69) is 5.10 Å². The van der Waals surface area contributed by atoms with Crippen molar-refractivity contribution in [3.8, 4) is 0 Å². The molecule has 22 heavy (non-hydrogen) atoms. The predicted molar refractivity (Wildman–Crippen MR) is 87.5 cm³/mol. The van der Waals surface area contributed by atoms with Crippen LogP contribution in [0.1, 0.15) is 23.6 Å². The highest BCUT2D eigenvalue weighted by Gasteiger charge is 2.32. The SMILES string of the molecule is Cc1ccc(Cl)cc1N1N=C(C(=O)O)C[C@@H]1c1ccccc1. The zero-order valence-corrected chi connectivity index (χ0v) is 12.8. The molecule has 112 valence electrons. The molecule has 2 aromatic carbocycles. The minimum atomic E-state index is -0.983. The monoisotopic (exact) mass is 314 g/mol. The molecule has 2 aromatic rings. The molecule has 1 atom stereocenters. The molecule has 0 unspecified atom stereocenters. The van der Waals surface area contributed by atoms with Crippen LogP contribution in [0.4, 0.5) is 5.69 Å². The van der Waals surface area contributed by atoms with Gasteiger partial charge in [-0.05, 0) is 30.2 Å². The van der Waals surface area contributed by atoms with Crippen molar-refractivity contribution in [3.63, 3.8) is 0 Å². The maximum absolute atomic E-state index is 11.3. The smallest absolute Gasteiger partial charge is 0.352 e. The number of anilines is 1. The zero-order valence-electron chi connectivity index (χ0n) is 12.0. The van der Waals surface area contributed by atoms with Gasteiger partial charge in [0.05, 0.1) is 11.7 Å². The Balaban J connectivity index is 2.07. The summed E-state index contributed by atoms with van der Waals surface area (Å²) in [6.45, 7) is 1.96. The summed E-state index contributed by atoms with van der Waals surface area (Å²) in [6.07, 6.45) is 0.366. The van der Waals surface area contributed by atoms with E-state index in [1.807, 2.05) is 55.5 Å². The van der Waals surface area contributed by atoms with Gasteiger partial charge in [0.2, 0.25) is 0 Å². The summed E-state index contributed by atoms with van der Waals surface area (Å²) in [7, 11) is 0. The Morgan fingerprint density at radius 1 is 1.27 bits per heavy atom. The number of carboxylic acid groups (broad SMARTS) is 1. The van der Waals surface area contributed by atoms with E-state index in [0.29, 0.717) is 11.4 Å². The fourth-order valence-electron chi connectivity index (χ4n) is 2.63. The first kappa shape index (κ1) is 14.6. The molecule has 4 nitrogen and oxygen atoms in total. The number of carbonyl (C=O) groups is 1. The molecule has 0 bridgehead atoms. The normalized spacial score (nSPS) is 17.5. The Bertz CT molecular complexity index is 744. The highest BCUT2D eigenvalue weighted by atomic mass is 35.5. The Kier molecular flexibility index (Phi) is 3.86. The van der Waals surface area contributed by atoms with Gasteiger partial charge in [-0.1, -0.05) is 48.0 Å². The third-order valence-electron chi connectivity index (χ3n) is 3.76. The maximum Gasteiger partial charge on any atom is 0.352 e. The van der Waals surface area contributed by atoms with Gasteiger partial charge in [0.1, 0.15) is 5.71 Å². The number of hydrazone groups is 1. The van der Waals surface area contributed by atoms with Crippen molar-refractivity contribution in [2.24, 2.45) is 5.10 Å². The molecule has 0 spiro atoms. The number of rotatable bonds is 3. The summed E-state index contributed by atoms with van der Waals surface area (Å²) in [4.78, 5) is 11.3. The van der Waals surface area contributed by atoms with Gasteiger partial charge in [0.25, 0.3) is 0 Å². The number of benzene rings is 2. The van der Waals surface area contributed by atoms with Crippen molar-refractivity contribution in [1.82, 2.24) is 0 Å². The Morgan fingerprint density at radius 3 is 2.68 bits per heavy atom. The molecule has 3 rings (SSSR count). The quantitative estimate of drug-likeness (QED) is 0.930. The van der Waals surface area contributed by atoms with Crippen LogP contribution in [0.15, 0.2) is 53.6 Å². The van der Waals surface area contributed by atoms with E-state index >= 15 is 0 Å². The Labute approximate surface area is 133 Å². The summed E-state index contributed by atoms with van der Waals surface area (Å²) in [5, 5.41) is 16.0. The first-order valence-electron chi connectivity index (χ1n) is 6.97. The second kappa shape index (κ2) is 5.81. The van der Waals surface area contributed by atoms with E-state index in [1.165, 1.54) is 0 Å². The van der Waals surface area contributed by atoms with Gasteiger partial charge in [-0.3, -0.25) is 5.01 Å². The van der Waals surface area contributed by atoms with Crippen LogP contribution < -0.4 is 5.01 Å². The molecule has 0 aromatic heterocycles. The van der Waals surface area contributed by atoms with Crippen molar-refractivity contribution in [2.75, 3.05) is 5.01 Å². The second-order valence-electron chi connectivity index (χ2n) is 5.26. The number of aryl methyl sites for hydroxylation is 1. The fourth-order valence-corrected chi connectivity index (χ4v) is 2.79. The lowest BCUT2D eigenvalue weighted by Gasteiger charge is -2.25. The van der Waals surface area contributed by atoms with E-state index in [-0.39, 0.29) is 11.8 Å². The van der Waals surface area contributed by atoms with E-state index in [4.69, 9.17) is 11.6 Å². The number of aliphatic carboxylic acids is 1. The van der Waals surface area contributed by atoms with Gasteiger partial charge < -0.3 is 5.11 Å². The largest absolute Gasteiger partial charge is 0.477 e. The summed E-state index contributed by atoms with van der Waals surface area (Å²) >= 11 is 6.10. The van der Waals surface area contributed by atoms with Gasteiger partial charge in [-0.25, -0.2) is 4.79 Å². The Hall–Kier alpha value is -2.33. The molecule has 5 heteroatoms. The second-order valence-corrected chi connectivity index (χ2v) is 5.69. The molecule has 1 aliphatic rings. The van der Waals surface area contributed by atoms with Crippen molar-refractivity contribution in [1.29, 1.82) is 0 Å². The molecular formula is C17H15ClN2O2. The molecule has 0 radical (unpaired) electrons. The van der Waals surface area contributed by atoms with E-state index in [1.54, 1.807) is 5.01 Å². The minimum absolute atomic E-state index is 0.135. The van der Waals surface area contributed by atoms with Crippen LogP contribution in [-0.2, 0) is 4.79 Å². The molecule has 0 aliphatic carbocycles. The Morgan fingerprint density at radius 2 is 2.00 bits per heavy atom. The molecular weight excluding hydrogens is 300 g/mol. The number of carboxylic acids is 1. The van der Waals surface area contributed by atoms with Gasteiger partial charge in [-0.15, -0.1) is 0 Å². The van der Waals surface area contributed by atoms with E-state index < -0.39 is 5.97 Å². The molecule has 1 N–H and O–H groups in total. The van der Waals surface area contributed by atoms with Crippen LogP contribution in [0.5, 0.6) is 0 Å². The maximum atomic E-state index is 11.3. The van der Waals surface area contributed by atoms with Crippen molar-refractivity contribution in [2.45, 2.75) is 19.4 Å². The van der Waals surface area contributed by atoms with Gasteiger partial charge in [0.15, 0.2) is 0 Å². The van der Waals surface area contributed by atoms with Crippen LogP contribution >= 0.6 is 11.6 Å². The average molecular weight is 315 g/mol. The highest BCUT2D eigenvalue weighted by Crippen LogP contribution is 2.37. The summed E-state index contributed by atoms with van der Waals surface area (Å²) in [5.74, 6) is -0.983. The predicted octanol–water partition coefficient (Wildman–Crippen LogP) is 4.04. The third kappa shape index (κ3) is 2.70. The van der Waals surface area contributed by atoms with Crippen LogP contribution in [-0.4, -0.2) is 16.8 Å². The summed E-state index contributed by atoms with van der Waals surface area (Å²) in [5.41, 5.74) is 3.02. The lowest BCUT2D eigenvalue weighted by molar-refractivity contribution is -0.129. The summed E-state index contributed by atoms with van der Waals surface area (Å²) < 4.78 is 0. The van der Waals surface area contributed by atoms with Crippen molar-refractivity contribution < 1.29 is 9.90 Å². The van der Waals surface area contributed by atoms with Crippen LogP contribution in [0.2, 0.25) is 5.02 Å². The topological polar surface area (TPSA) is 52.9 Å². The fraction of sp³-hybridized carbons (Fsp3) is 0.176. The molecule has 1 aliphatic heterocycles. The minimum Gasteiger partial charge on any atom is -0.477 e. The van der Waals surface area contributed by atoms with E-state index in [0.717, 1.165) is 16.8 Å². The van der Waals surface area contributed by atoms with Crippen LogP contribution in [0, 0.1) is 6.92 Å². The summed E-state index contributed by atoms with van der Waals surface area (Å²) in [6, 6.07) is 15.2. The molecule has 0 amide bonds. The third-order valence-corrected chi connectivity index (χ3v) is 3.99. The van der Waals surface area contributed by atoms with Gasteiger partial charge in [-0.2, -0.15) is 5.10 Å². The van der Waals surface area contributed by atoms with Gasteiger partial charge in [0, 0.05) is 11.4 Å². The lowest BCUT2D eigenvalue weighted by atomic mass is 10.0. The van der Waals surface area contributed by atoms with E-state index in [9.17, 15) is 9.90 Å². The van der Waals surface area contributed by atoms with Gasteiger partial charge >= 0.3 is 5.97 Å². The van der Waals surface area contributed by atoms with Crippen LogP contribution in [0.25, 0.3) is 0 Å². The number of halogens is 1. The van der Waals surface area contributed by atoms with Crippen LogP contribution in [0.3, 0.4) is 0 Å². The lowest BCUT2D eigenvalue weighted by Crippen LogP contribution is -2.19. The molecule has 0 saturated heterocycles. The average Bonchev–Trinajstić information content (AvgIpc) is 2.96. The standard InChI is InChI=1S/C17H15ClN2O2/c1-11-7-8-13(18)9-15(11)20-16(10-14(19-20)17(21)22)12-5-3-2-4-6-12/h2-9,16H,10H2,1H3,(H,21,22)/t16-/m1/s1. The first-order chi connectivity index (χ1) is 10.6. The van der Waals surface area contributed by atoms with Crippen molar-refractivity contribution >= 4 is 29.0 Å². The highest BCUT2D eigenvalue weighted by molar-refractivity contribution is 6.36.